The van der Waals surface area contributed by atoms with Crippen LogP contribution >= 0.6 is 11.6 Å². The molecule has 1 aromatic heterocycles. The monoisotopic (exact) mass is 264 g/mol. The SMILES string of the molecule is CN(c1ccccc1)c1ncnc(Cl)c1[N+](=O)[O-]. The molecule has 0 amide bonds. The topological polar surface area (TPSA) is 72.2 Å². The highest BCUT2D eigenvalue weighted by atomic mass is 35.5. The van der Waals surface area contributed by atoms with Gasteiger partial charge in [-0.2, -0.15) is 0 Å². The highest BCUT2D eigenvalue weighted by Crippen LogP contribution is 2.33. The van der Waals surface area contributed by atoms with E-state index in [1.807, 2.05) is 30.3 Å². The second-order valence-electron chi connectivity index (χ2n) is 3.49. The van der Waals surface area contributed by atoms with E-state index in [4.69, 9.17) is 11.6 Å². The number of nitrogens with zero attached hydrogens (tertiary/aromatic N) is 4. The molecule has 0 unspecified atom stereocenters. The molecule has 0 spiro atoms. The van der Waals surface area contributed by atoms with Crippen molar-refractivity contribution in [2.24, 2.45) is 0 Å². The molecule has 0 aliphatic heterocycles. The fourth-order valence-electron chi connectivity index (χ4n) is 1.53. The van der Waals surface area contributed by atoms with Crippen molar-refractivity contribution in [2.75, 3.05) is 11.9 Å². The highest BCUT2D eigenvalue weighted by Gasteiger charge is 2.24. The Labute approximate surface area is 108 Å². The van der Waals surface area contributed by atoms with Crippen molar-refractivity contribution in [1.82, 2.24) is 9.97 Å². The maximum atomic E-state index is 11.0. The van der Waals surface area contributed by atoms with Gasteiger partial charge in [-0.25, -0.2) is 9.97 Å². The van der Waals surface area contributed by atoms with E-state index in [1.54, 1.807) is 11.9 Å². The third kappa shape index (κ3) is 2.23. The van der Waals surface area contributed by atoms with E-state index in [9.17, 15) is 10.1 Å². The van der Waals surface area contributed by atoms with Crippen molar-refractivity contribution >= 4 is 28.8 Å². The summed E-state index contributed by atoms with van der Waals surface area (Å²) in [6.07, 6.45) is 1.20. The Morgan fingerprint density at radius 3 is 2.56 bits per heavy atom. The number of benzene rings is 1. The van der Waals surface area contributed by atoms with Gasteiger partial charge in [0, 0.05) is 12.7 Å². The molecule has 1 heterocycles. The zero-order valence-corrected chi connectivity index (χ0v) is 10.2. The molecular formula is C11H9ClN4O2. The summed E-state index contributed by atoms with van der Waals surface area (Å²) in [5.74, 6) is 0.159. The van der Waals surface area contributed by atoms with Gasteiger partial charge in [-0.15, -0.1) is 0 Å². The third-order valence-corrected chi connectivity index (χ3v) is 2.68. The summed E-state index contributed by atoms with van der Waals surface area (Å²) >= 11 is 5.74. The fourth-order valence-corrected chi connectivity index (χ4v) is 1.72. The number of hydrogen-bond donors (Lipinski definition) is 0. The normalized spacial score (nSPS) is 10.1. The summed E-state index contributed by atoms with van der Waals surface area (Å²) in [5, 5.41) is 10.8. The summed E-state index contributed by atoms with van der Waals surface area (Å²) in [6.45, 7) is 0. The molecule has 0 aliphatic rings. The van der Waals surface area contributed by atoms with E-state index < -0.39 is 4.92 Å². The van der Waals surface area contributed by atoms with Crippen molar-refractivity contribution in [3.8, 4) is 0 Å². The second kappa shape index (κ2) is 4.97. The molecule has 2 aromatic rings. The van der Waals surface area contributed by atoms with E-state index in [1.165, 1.54) is 6.33 Å². The Morgan fingerprint density at radius 2 is 1.94 bits per heavy atom. The van der Waals surface area contributed by atoms with Crippen LogP contribution in [-0.4, -0.2) is 21.9 Å². The molecule has 0 aliphatic carbocycles. The van der Waals surface area contributed by atoms with E-state index in [0.717, 1.165) is 5.69 Å². The van der Waals surface area contributed by atoms with Crippen molar-refractivity contribution in [1.29, 1.82) is 0 Å². The van der Waals surface area contributed by atoms with Gasteiger partial charge in [0.25, 0.3) is 0 Å². The van der Waals surface area contributed by atoms with E-state index in [-0.39, 0.29) is 16.7 Å². The van der Waals surface area contributed by atoms with Gasteiger partial charge in [0.05, 0.1) is 4.92 Å². The minimum Gasteiger partial charge on any atom is -0.324 e. The van der Waals surface area contributed by atoms with E-state index in [2.05, 4.69) is 9.97 Å². The molecule has 7 heteroatoms. The number of rotatable bonds is 3. The summed E-state index contributed by atoms with van der Waals surface area (Å²) in [7, 11) is 1.68. The number of halogens is 1. The lowest BCUT2D eigenvalue weighted by Crippen LogP contribution is -2.13. The van der Waals surface area contributed by atoms with Gasteiger partial charge in [0.1, 0.15) is 6.33 Å². The molecule has 6 nitrogen and oxygen atoms in total. The Bertz CT molecular complexity index is 577. The van der Waals surface area contributed by atoms with Crippen molar-refractivity contribution in [3.63, 3.8) is 0 Å². The summed E-state index contributed by atoms with van der Waals surface area (Å²) in [6, 6.07) is 9.17. The minimum absolute atomic E-state index is 0.159. The lowest BCUT2D eigenvalue weighted by molar-refractivity contribution is -0.384. The maximum Gasteiger partial charge on any atom is 0.348 e. The zero-order valence-electron chi connectivity index (χ0n) is 9.45. The van der Waals surface area contributed by atoms with Gasteiger partial charge >= 0.3 is 5.69 Å². The van der Waals surface area contributed by atoms with Crippen LogP contribution in [0.15, 0.2) is 36.7 Å². The summed E-state index contributed by atoms with van der Waals surface area (Å²) < 4.78 is 0. The Morgan fingerprint density at radius 1 is 1.28 bits per heavy atom. The van der Waals surface area contributed by atoms with Gasteiger partial charge in [-0.3, -0.25) is 10.1 Å². The summed E-state index contributed by atoms with van der Waals surface area (Å²) in [4.78, 5) is 19.5. The first-order valence-corrected chi connectivity index (χ1v) is 5.42. The van der Waals surface area contributed by atoms with Crippen molar-refractivity contribution < 1.29 is 4.92 Å². The number of nitro groups is 1. The lowest BCUT2D eigenvalue weighted by Gasteiger charge is -2.17. The molecule has 92 valence electrons. The first kappa shape index (κ1) is 12.3. The fraction of sp³-hybridized carbons (Fsp3) is 0.0909. The number of aromatic nitrogens is 2. The number of anilines is 2. The molecular weight excluding hydrogens is 256 g/mol. The van der Waals surface area contributed by atoms with Crippen LogP contribution < -0.4 is 4.90 Å². The average Bonchev–Trinajstić information content (AvgIpc) is 2.38. The third-order valence-electron chi connectivity index (χ3n) is 2.40. The van der Waals surface area contributed by atoms with Gasteiger partial charge < -0.3 is 4.90 Å². The van der Waals surface area contributed by atoms with Gasteiger partial charge in [-0.1, -0.05) is 29.8 Å². The Kier molecular flexibility index (Phi) is 3.38. The molecule has 0 atom stereocenters. The lowest BCUT2D eigenvalue weighted by atomic mass is 10.3. The zero-order chi connectivity index (χ0) is 13.1. The van der Waals surface area contributed by atoms with Crippen molar-refractivity contribution in [3.05, 3.63) is 51.9 Å². The number of para-hydroxylation sites is 1. The van der Waals surface area contributed by atoms with Crippen LogP contribution in [0.2, 0.25) is 5.15 Å². The second-order valence-corrected chi connectivity index (χ2v) is 3.85. The molecule has 0 radical (unpaired) electrons. The van der Waals surface area contributed by atoms with Gasteiger partial charge in [-0.05, 0) is 12.1 Å². The van der Waals surface area contributed by atoms with Crippen LogP contribution in [0.25, 0.3) is 0 Å². The van der Waals surface area contributed by atoms with Crippen LogP contribution in [-0.2, 0) is 0 Å². The maximum absolute atomic E-state index is 11.0. The van der Waals surface area contributed by atoms with Crippen LogP contribution in [0, 0.1) is 10.1 Å². The minimum atomic E-state index is -0.586. The van der Waals surface area contributed by atoms with E-state index in [0.29, 0.717) is 0 Å². The molecule has 0 saturated carbocycles. The quantitative estimate of drug-likeness (QED) is 0.484. The molecule has 0 N–H and O–H groups in total. The molecule has 0 bridgehead atoms. The molecule has 18 heavy (non-hydrogen) atoms. The molecule has 1 aromatic carbocycles. The van der Waals surface area contributed by atoms with Crippen LogP contribution in [0.4, 0.5) is 17.2 Å². The van der Waals surface area contributed by atoms with Crippen LogP contribution in [0.3, 0.4) is 0 Å². The molecule has 0 fully saturated rings. The Balaban J connectivity index is 2.52. The van der Waals surface area contributed by atoms with E-state index >= 15 is 0 Å². The number of hydrogen-bond acceptors (Lipinski definition) is 5. The smallest absolute Gasteiger partial charge is 0.324 e. The highest BCUT2D eigenvalue weighted by molar-refractivity contribution is 6.31. The van der Waals surface area contributed by atoms with Gasteiger partial charge in [0.2, 0.25) is 11.0 Å². The van der Waals surface area contributed by atoms with Gasteiger partial charge in [0.15, 0.2) is 0 Å². The van der Waals surface area contributed by atoms with Crippen LogP contribution in [0.5, 0.6) is 0 Å². The summed E-state index contributed by atoms with van der Waals surface area (Å²) in [5.41, 5.74) is 0.473. The van der Waals surface area contributed by atoms with Crippen molar-refractivity contribution in [2.45, 2.75) is 0 Å². The Hall–Kier alpha value is -2.21. The first-order chi connectivity index (χ1) is 8.61. The predicted octanol–water partition coefficient (Wildman–Crippen LogP) is 2.81. The molecule has 0 saturated heterocycles. The predicted molar refractivity (Wildman–Crippen MR) is 68.2 cm³/mol. The largest absolute Gasteiger partial charge is 0.348 e. The van der Waals surface area contributed by atoms with Crippen LogP contribution in [0.1, 0.15) is 0 Å². The standard InChI is InChI=1S/C11H9ClN4O2/c1-15(8-5-3-2-4-6-8)11-9(16(17)18)10(12)13-7-14-11/h2-7H,1H3. The molecule has 2 rings (SSSR count). The first-order valence-electron chi connectivity index (χ1n) is 5.05. The average molecular weight is 265 g/mol.